The third kappa shape index (κ3) is 1.96. The fraction of sp³-hybridized carbons (Fsp3) is 0.300. The summed E-state index contributed by atoms with van der Waals surface area (Å²) in [6.07, 6.45) is 0.690. The Hall–Kier alpha value is -1.71. The van der Waals surface area contributed by atoms with Crippen LogP contribution in [0.2, 0.25) is 0 Å². The van der Waals surface area contributed by atoms with Crippen molar-refractivity contribution >= 4 is 12.0 Å². The summed E-state index contributed by atoms with van der Waals surface area (Å²) in [6.45, 7) is 3.72. The second kappa shape index (κ2) is 4.00. The maximum absolute atomic E-state index is 10.6. The van der Waals surface area contributed by atoms with E-state index < -0.39 is 4.92 Å². The third-order valence-corrected chi connectivity index (χ3v) is 2.01. The molecular weight excluding hydrogens is 182 g/mol. The van der Waals surface area contributed by atoms with Crippen molar-refractivity contribution in [3.8, 4) is 0 Å². The normalized spacial score (nSPS) is 10.2. The number of nitro groups is 1. The minimum absolute atomic E-state index is 0.0373. The van der Waals surface area contributed by atoms with E-state index in [-0.39, 0.29) is 11.6 Å². The van der Waals surface area contributed by atoms with Crippen LogP contribution in [0.3, 0.4) is 0 Å². The molecule has 0 amide bonds. The molecule has 0 bridgehead atoms. The molecule has 1 rings (SSSR count). The Morgan fingerprint density at radius 2 is 2.07 bits per heavy atom. The molecule has 0 N–H and O–H groups in total. The van der Waals surface area contributed by atoms with Gasteiger partial charge in [0.25, 0.3) is 5.69 Å². The fourth-order valence-corrected chi connectivity index (χ4v) is 1.28. The molecule has 0 radical (unpaired) electrons. The van der Waals surface area contributed by atoms with Crippen LogP contribution in [0.4, 0.5) is 5.69 Å². The van der Waals surface area contributed by atoms with Gasteiger partial charge < -0.3 is 0 Å². The first-order valence-corrected chi connectivity index (χ1v) is 4.29. The Kier molecular flexibility index (Phi) is 2.96. The number of rotatable bonds is 3. The van der Waals surface area contributed by atoms with Gasteiger partial charge in [-0.1, -0.05) is 13.8 Å². The number of nitrogens with zero attached hydrogens (tertiary/aromatic N) is 1. The number of carbonyl (C=O) groups is 1. The number of carbonyl (C=O) groups excluding carboxylic acids is 1. The van der Waals surface area contributed by atoms with Crippen LogP contribution in [-0.4, -0.2) is 11.2 Å². The van der Waals surface area contributed by atoms with Crippen molar-refractivity contribution in [2.75, 3.05) is 0 Å². The van der Waals surface area contributed by atoms with Gasteiger partial charge in [0.1, 0.15) is 6.29 Å². The van der Waals surface area contributed by atoms with Gasteiger partial charge in [0.15, 0.2) is 0 Å². The Bertz CT molecular complexity index is 372. The third-order valence-electron chi connectivity index (χ3n) is 2.01. The summed E-state index contributed by atoms with van der Waals surface area (Å²) in [5, 5.41) is 10.6. The highest BCUT2D eigenvalue weighted by Crippen LogP contribution is 2.26. The molecule has 0 saturated carbocycles. The van der Waals surface area contributed by atoms with Crippen molar-refractivity contribution < 1.29 is 9.72 Å². The summed E-state index contributed by atoms with van der Waals surface area (Å²) >= 11 is 0. The summed E-state index contributed by atoms with van der Waals surface area (Å²) in [6, 6.07) is 4.39. The van der Waals surface area contributed by atoms with Gasteiger partial charge in [-0.05, 0) is 18.1 Å². The monoisotopic (exact) mass is 193 g/mol. The van der Waals surface area contributed by atoms with Gasteiger partial charge in [-0.3, -0.25) is 14.9 Å². The fourth-order valence-electron chi connectivity index (χ4n) is 1.28. The molecule has 14 heavy (non-hydrogen) atoms. The van der Waals surface area contributed by atoms with Gasteiger partial charge in [-0.2, -0.15) is 0 Å². The molecule has 0 aliphatic rings. The van der Waals surface area contributed by atoms with Crippen LogP contribution in [0, 0.1) is 10.1 Å². The first-order chi connectivity index (χ1) is 6.56. The van der Waals surface area contributed by atoms with Crippen molar-refractivity contribution in [1.29, 1.82) is 0 Å². The molecule has 0 fully saturated rings. The largest absolute Gasteiger partial charge is 0.298 e. The second-order valence-electron chi connectivity index (χ2n) is 3.35. The zero-order valence-electron chi connectivity index (χ0n) is 8.06. The summed E-state index contributed by atoms with van der Waals surface area (Å²) in [4.78, 5) is 20.7. The lowest BCUT2D eigenvalue weighted by Crippen LogP contribution is -1.98. The van der Waals surface area contributed by atoms with Gasteiger partial charge in [0, 0.05) is 17.2 Å². The first kappa shape index (κ1) is 10.4. The van der Waals surface area contributed by atoms with Gasteiger partial charge in [0.2, 0.25) is 0 Å². The second-order valence-corrected chi connectivity index (χ2v) is 3.35. The summed E-state index contributed by atoms with van der Waals surface area (Å²) in [5.74, 6) is 0.0373. The van der Waals surface area contributed by atoms with E-state index >= 15 is 0 Å². The quantitative estimate of drug-likeness (QED) is 0.421. The number of hydrogen-bond acceptors (Lipinski definition) is 3. The van der Waals surface area contributed by atoms with Crippen LogP contribution < -0.4 is 0 Å². The lowest BCUT2D eigenvalue weighted by Gasteiger charge is -2.06. The van der Waals surface area contributed by atoms with Crippen LogP contribution in [0.25, 0.3) is 0 Å². The zero-order valence-corrected chi connectivity index (χ0v) is 8.06. The van der Waals surface area contributed by atoms with Crippen LogP contribution >= 0.6 is 0 Å². The molecule has 0 aromatic heterocycles. The van der Waals surface area contributed by atoms with Crippen molar-refractivity contribution in [3.63, 3.8) is 0 Å². The smallest absolute Gasteiger partial charge is 0.272 e. The highest BCUT2D eigenvalue weighted by molar-refractivity contribution is 5.76. The summed E-state index contributed by atoms with van der Waals surface area (Å²) < 4.78 is 0. The van der Waals surface area contributed by atoms with E-state index in [2.05, 4.69) is 0 Å². The van der Waals surface area contributed by atoms with E-state index in [1.165, 1.54) is 12.1 Å². The zero-order chi connectivity index (χ0) is 10.7. The number of nitro benzene ring substituents is 1. The molecule has 1 aromatic rings. The topological polar surface area (TPSA) is 60.2 Å². The molecule has 0 unspecified atom stereocenters. The molecule has 0 heterocycles. The van der Waals surface area contributed by atoms with Gasteiger partial charge in [-0.15, -0.1) is 0 Å². The van der Waals surface area contributed by atoms with Gasteiger partial charge in [0.05, 0.1) is 4.92 Å². The molecule has 1 aromatic carbocycles. The lowest BCUT2D eigenvalue weighted by molar-refractivity contribution is -0.385. The molecule has 0 saturated heterocycles. The molecule has 0 atom stereocenters. The SMILES string of the molecule is CC(C)c1cc(C=O)ccc1[N+](=O)[O-]. The average molecular weight is 193 g/mol. The molecule has 0 spiro atoms. The van der Waals surface area contributed by atoms with Crippen LogP contribution in [0.1, 0.15) is 35.7 Å². The number of benzene rings is 1. The minimum Gasteiger partial charge on any atom is -0.298 e. The van der Waals surface area contributed by atoms with E-state index in [1.807, 2.05) is 13.8 Å². The molecule has 0 aliphatic carbocycles. The molecular formula is C10H11NO3. The Balaban J connectivity index is 3.30. The minimum atomic E-state index is -0.427. The highest BCUT2D eigenvalue weighted by Gasteiger charge is 2.16. The van der Waals surface area contributed by atoms with Crippen LogP contribution in [0.5, 0.6) is 0 Å². The van der Waals surface area contributed by atoms with E-state index in [4.69, 9.17) is 0 Å². The van der Waals surface area contributed by atoms with Crippen molar-refractivity contribution in [2.45, 2.75) is 19.8 Å². The Morgan fingerprint density at radius 3 is 2.50 bits per heavy atom. The maximum Gasteiger partial charge on any atom is 0.272 e. The predicted octanol–water partition coefficient (Wildman–Crippen LogP) is 2.53. The van der Waals surface area contributed by atoms with Crippen LogP contribution in [-0.2, 0) is 0 Å². The Labute approximate surface area is 81.7 Å². The van der Waals surface area contributed by atoms with Gasteiger partial charge in [-0.25, -0.2) is 0 Å². The summed E-state index contributed by atoms with van der Waals surface area (Å²) in [5.41, 5.74) is 1.14. The van der Waals surface area contributed by atoms with Crippen molar-refractivity contribution in [1.82, 2.24) is 0 Å². The van der Waals surface area contributed by atoms with Crippen molar-refractivity contribution in [2.24, 2.45) is 0 Å². The predicted molar refractivity (Wildman–Crippen MR) is 52.6 cm³/mol. The van der Waals surface area contributed by atoms with Crippen LogP contribution in [0.15, 0.2) is 18.2 Å². The van der Waals surface area contributed by atoms with E-state index in [9.17, 15) is 14.9 Å². The maximum atomic E-state index is 10.6. The average Bonchev–Trinajstić information content (AvgIpc) is 2.16. The molecule has 74 valence electrons. The van der Waals surface area contributed by atoms with E-state index in [0.29, 0.717) is 17.4 Å². The van der Waals surface area contributed by atoms with Gasteiger partial charge >= 0.3 is 0 Å². The molecule has 4 nitrogen and oxygen atoms in total. The van der Waals surface area contributed by atoms with Crippen molar-refractivity contribution in [3.05, 3.63) is 39.4 Å². The molecule has 4 heteroatoms. The lowest BCUT2D eigenvalue weighted by atomic mass is 9.99. The molecule has 0 aliphatic heterocycles. The van der Waals surface area contributed by atoms with E-state index in [0.717, 1.165) is 0 Å². The van der Waals surface area contributed by atoms with E-state index in [1.54, 1.807) is 6.07 Å². The first-order valence-electron chi connectivity index (χ1n) is 4.29. The standard InChI is InChI=1S/C10H11NO3/c1-7(2)9-5-8(6-12)3-4-10(9)11(13)14/h3-7H,1-2H3. The number of aldehydes is 1. The summed E-state index contributed by atoms with van der Waals surface area (Å²) in [7, 11) is 0. The Morgan fingerprint density at radius 1 is 1.43 bits per heavy atom. The number of hydrogen-bond donors (Lipinski definition) is 0. The highest BCUT2D eigenvalue weighted by atomic mass is 16.6.